The lowest BCUT2D eigenvalue weighted by Gasteiger charge is -2.22. The lowest BCUT2D eigenvalue weighted by molar-refractivity contribution is 0.516. The predicted molar refractivity (Wildman–Crippen MR) is 76.1 cm³/mol. The van der Waals surface area contributed by atoms with Gasteiger partial charge in [-0.3, -0.25) is 0 Å². The molecule has 1 aromatic carbocycles. The Bertz CT molecular complexity index is 718. The Kier molecular flexibility index (Phi) is 4.53. The van der Waals surface area contributed by atoms with Crippen LogP contribution in [0.15, 0.2) is 27.6 Å². The maximum absolute atomic E-state index is 13.4. The number of halogens is 2. The van der Waals surface area contributed by atoms with Crippen LogP contribution < -0.4 is 4.72 Å². The van der Waals surface area contributed by atoms with Crippen molar-refractivity contribution in [2.24, 2.45) is 0 Å². The number of benzene rings is 1. The summed E-state index contributed by atoms with van der Waals surface area (Å²) in [5.41, 5.74) is 0. The summed E-state index contributed by atoms with van der Waals surface area (Å²) in [7, 11) is -7.13. The Balaban J connectivity index is 2.21. The van der Waals surface area contributed by atoms with Gasteiger partial charge in [0.2, 0.25) is 10.0 Å². The molecule has 1 unspecified atom stereocenters. The molecule has 1 aliphatic rings. The van der Waals surface area contributed by atoms with Crippen molar-refractivity contribution in [1.29, 1.82) is 0 Å². The molecule has 9 heteroatoms. The average molecular weight is 386 g/mol. The van der Waals surface area contributed by atoms with E-state index in [9.17, 15) is 21.2 Å². The van der Waals surface area contributed by atoms with Crippen molar-refractivity contribution in [3.8, 4) is 0 Å². The maximum Gasteiger partial charge on any atom is 0.240 e. The number of sulfonamides is 1. The van der Waals surface area contributed by atoms with Crippen molar-refractivity contribution in [3.05, 3.63) is 28.5 Å². The fraction of sp³-hybridized carbons (Fsp3) is 0.455. The standard InChI is InChI=1S/C11H13BrFNO4S2/c12-10-4-3-9(6-11(10)13)20(17,18)14-8-2-1-5-19(15,16)7-8/h3-4,6,8,14H,1-2,5,7H2. The molecule has 1 aromatic rings. The van der Waals surface area contributed by atoms with Gasteiger partial charge in [-0.25, -0.2) is 25.9 Å². The van der Waals surface area contributed by atoms with E-state index in [1.807, 2.05) is 0 Å². The first-order chi connectivity index (χ1) is 9.20. The highest BCUT2D eigenvalue weighted by atomic mass is 79.9. The number of hydrogen-bond acceptors (Lipinski definition) is 4. The van der Waals surface area contributed by atoms with Crippen molar-refractivity contribution in [2.75, 3.05) is 11.5 Å². The zero-order valence-electron chi connectivity index (χ0n) is 10.3. The van der Waals surface area contributed by atoms with E-state index < -0.39 is 31.7 Å². The summed E-state index contributed by atoms with van der Waals surface area (Å²) in [6, 6.07) is 2.78. The van der Waals surface area contributed by atoms with Crippen LogP contribution in [0.1, 0.15) is 12.8 Å². The van der Waals surface area contributed by atoms with E-state index in [0.717, 1.165) is 6.07 Å². The molecule has 20 heavy (non-hydrogen) atoms. The van der Waals surface area contributed by atoms with Gasteiger partial charge >= 0.3 is 0 Å². The van der Waals surface area contributed by atoms with E-state index in [1.165, 1.54) is 12.1 Å². The van der Waals surface area contributed by atoms with Gasteiger partial charge in [-0.15, -0.1) is 0 Å². The average Bonchev–Trinajstić information content (AvgIpc) is 2.30. The van der Waals surface area contributed by atoms with Gasteiger partial charge < -0.3 is 0 Å². The monoisotopic (exact) mass is 385 g/mol. The maximum atomic E-state index is 13.4. The molecular formula is C11H13BrFNO4S2. The highest BCUT2D eigenvalue weighted by Gasteiger charge is 2.28. The minimum atomic E-state index is -3.92. The number of nitrogens with one attached hydrogen (secondary N) is 1. The van der Waals surface area contributed by atoms with Crippen LogP contribution in [0.4, 0.5) is 4.39 Å². The topological polar surface area (TPSA) is 80.3 Å². The molecule has 0 radical (unpaired) electrons. The van der Waals surface area contributed by atoms with Gasteiger partial charge in [0.15, 0.2) is 9.84 Å². The number of rotatable bonds is 3. The lowest BCUT2D eigenvalue weighted by Crippen LogP contribution is -2.43. The van der Waals surface area contributed by atoms with Gasteiger partial charge in [-0.1, -0.05) is 0 Å². The smallest absolute Gasteiger partial charge is 0.229 e. The van der Waals surface area contributed by atoms with E-state index in [4.69, 9.17) is 0 Å². The van der Waals surface area contributed by atoms with Crippen LogP contribution >= 0.6 is 15.9 Å². The molecule has 0 spiro atoms. The third-order valence-electron chi connectivity index (χ3n) is 2.99. The Morgan fingerprint density at radius 3 is 2.65 bits per heavy atom. The Morgan fingerprint density at radius 2 is 2.05 bits per heavy atom. The van der Waals surface area contributed by atoms with Gasteiger partial charge in [0.05, 0.1) is 20.9 Å². The molecule has 1 atom stereocenters. The molecular weight excluding hydrogens is 373 g/mol. The molecule has 0 aliphatic carbocycles. The Hall–Kier alpha value is -0.510. The Labute approximate surface area is 125 Å². The Morgan fingerprint density at radius 1 is 1.35 bits per heavy atom. The second kappa shape index (κ2) is 5.70. The zero-order chi connectivity index (χ0) is 15.0. The third-order valence-corrected chi connectivity index (χ3v) is 6.97. The van der Waals surface area contributed by atoms with Crippen molar-refractivity contribution in [2.45, 2.75) is 23.8 Å². The highest BCUT2D eigenvalue weighted by molar-refractivity contribution is 9.10. The molecule has 0 bridgehead atoms. The second-order valence-electron chi connectivity index (χ2n) is 4.65. The normalized spacial score (nSPS) is 22.6. The van der Waals surface area contributed by atoms with Crippen molar-refractivity contribution in [3.63, 3.8) is 0 Å². The van der Waals surface area contributed by atoms with Gasteiger partial charge in [0.25, 0.3) is 0 Å². The van der Waals surface area contributed by atoms with Crippen molar-refractivity contribution >= 4 is 35.8 Å². The predicted octanol–water partition coefficient (Wildman–Crippen LogP) is 1.44. The molecule has 0 aromatic heterocycles. The molecule has 0 saturated carbocycles. The minimum Gasteiger partial charge on any atom is -0.229 e. The third kappa shape index (κ3) is 3.78. The summed E-state index contributed by atoms with van der Waals surface area (Å²) in [4.78, 5) is -0.221. The van der Waals surface area contributed by atoms with Crippen molar-refractivity contribution in [1.82, 2.24) is 4.72 Å². The molecule has 5 nitrogen and oxygen atoms in total. The molecule has 2 rings (SSSR count). The van der Waals surface area contributed by atoms with Crippen LogP contribution in [0.5, 0.6) is 0 Å². The molecule has 1 heterocycles. The first kappa shape index (κ1) is 15.9. The lowest BCUT2D eigenvalue weighted by atomic mass is 10.2. The van der Waals surface area contributed by atoms with E-state index in [0.29, 0.717) is 12.8 Å². The zero-order valence-corrected chi connectivity index (χ0v) is 13.6. The van der Waals surface area contributed by atoms with Crippen LogP contribution in [0.2, 0.25) is 0 Å². The quantitative estimate of drug-likeness (QED) is 0.853. The van der Waals surface area contributed by atoms with Gasteiger partial charge in [-0.05, 0) is 47.0 Å². The molecule has 1 aliphatic heterocycles. The van der Waals surface area contributed by atoms with Gasteiger partial charge in [-0.2, -0.15) is 0 Å². The first-order valence-electron chi connectivity index (χ1n) is 5.87. The largest absolute Gasteiger partial charge is 0.240 e. The van der Waals surface area contributed by atoms with Crippen LogP contribution in [0.3, 0.4) is 0 Å². The fourth-order valence-corrected chi connectivity index (χ4v) is 5.32. The molecule has 1 N–H and O–H groups in total. The van der Waals surface area contributed by atoms with Crippen LogP contribution in [-0.4, -0.2) is 34.4 Å². The summed E-state index contributed by atoms with van der Waals surface area (Å²) >= 11 is 2.94. The van der Waals surface area contributed by atoms with Crippen molar-refractivity contribution < 1.29 is 21.2 Å². The van der Waals surface area contributed by atoms with Crippen LogP contribution in [0.25, 0.3) is 0 Å². The molecule has 112 valence electrons. The second-order valence-corrected chi connectivity index (χ2v) is 9.45. The van der Waals surface area contributed by atoms with E-state index in [1.54, 1.807) is 0 Å². The highest BCUT2D eigenvalue weighted by Crippen LogP contribution is 2.20. The minimum absolute atomic E-state index is 0.0815. The summed E-state index contributed by atoms with van der Waals surface area (Å²) < 4.78 is 63.0. The van der Waals surface area contributed by atoms with Gasteiger partial charge in [0.1, 0.15) is 5.82 Å². The fourth-order valence-electron chi connectivity index (χ4n) is 2.05. The molecule has 1 saturated heterocycles. The molecule has 0 amide bonds. The van der Waals surface area contributed by atoms with Crippen LogP contribution in [-0.2, 0) is 19.9 Å². The van der Waals surface area contributed by atoms with Crippen LogP contribution in [0, 0.1) is 5.82 Å². The first-order valence-corrected chi connectivity index (χ1v) is 9.97. The molecule has 1 fully saturated rings. The summed E-state index contributed by atoms with van der Waals surface area (Å²) in [6.45, 7) is 0. The van der Waals surface area contributed by atoms with E-state index in [-0.39, 0.29) is 20.9 Å². The summed E-state index contributed by atoms with van der Waals surface area (Å²) in [5.74, 6) is -0.826. The SMILES string of the molecule is O=S1(=O)CCCC(NS(=O)(=O)c2ccc(Br)c(F)c2)C1. The number of hydrogen-bond donors (Lipinski definition) is 1. The number of sulfone groups is 1. The van der Waals surface area contributed by atoms with E-state index in [2.05, 4.69) is 20.7 Å². The van der Waals surface area contributed by atoms with Gasteiger partial charge in [0, 0.05) is 6.04 Å². The van der Waals surface area contributed by atoms with E-state index >= 15 is 0 Å². The summed E-state index contributed by atoms with van der Waals surface area (Å²) in [5, 5.41) is 0. The summed E-state index contributed by atoms with van der Waals surface area (Å²) in [6.07, 6.45) is 0.877.